The predicted octanol–water partition coefficient (Wildman–Crippen LogP) is 4.69. The Morgan fingerprint density at radius 2 is 1.02 bits per heavy atom. The molecule has 10 nitrogen and oxygen atoms in total. The van der Waals surface area contributed by atoms with Gasteiger partial charge in [0.1, 0.15) is 6.04 Å². The van der Waals surface area contributed by atoms with Crippen molar-refractivity contribution in [3.63, 3.8) is 0 Å². The zero-order valence-corrected chi connectivity index (χ0v) is 28.3. The number of amides is 2. The lowest BCUT2D eigenvalue weighted by Gasteiger charge is -2.20. The first-order chi connectivity index (χ1) is 21.4. The largest absolute Gasteiger partial charge is 0.464 e. The van der Waals surface area contributed by atoms with Gasteiger partial charge in [-0.25, -0.2) is 4.79 Å². The molecular formula is C34H70N6O4. The second-order valence-corrected chi connectivity index (χ2v) is 12.4. The maximum absolute atomic E-state index is 12.9. The molecule has 10 heteroatoms. The van der Waals surface area contributed by atoms with Crippen LogP contribution in [0.3, 0.4) is 0 Å². The summed E-state index contributed by atoms with van der Waals surface area (Å²) >= 11 is 0. The molecular weight excluding hydrogens is 556 g/mol. The first-order valence-electron chi connectivity index (χ1n) is 18.0. The summed E-state index contributed by atoms with van der Waals surface area (Å²) in [7, 11) is 0. The van der Waals surface area contributed by atoms with Crippen molar-refractivity contribution in [2.75, 3.05) is 26.2 Å². The van der Waals surface area contributed by atoms with Crippen molar-refractivity contribution in [1.82, 2.24) is 10.6 Å². The lowest BCUT2D eigenvalue weighted by molar-refractivity contribution is -0.148. The second-order valence-electron chi connectivity index (χ2n) is 12.4. The van der Waals surface area contributed by atoms with E-state index in [1.807, 2.05) is 0 Å². The molecule has 0 rings (SSSR count). The maximum atomic E-state index is 12.9. The third-order valence-electron chi connectivity index (χ3n) is 8.17. The average molecular weight is 627 g/mol. The van der Waals surface area contributed by atoms with Crippen molar-refractivity contribution < 1.29 is 19.1 Å². The molecule has 0 bridgehead atoms. The molecule has 0 aromatic heterocycles. The number of unbranched alkanes of at least 4 members (excludes halogenated alkanes) is 16. The van der Waals surface area contributed by atoms with Crippen LogP contribution in [0.4, 0.5) is 0 Å². The van der Waals surface area contributed by atoms with E-state index in [1.165, 1.54) is 70.6 Å². The summed E-state index contributed by atoms with van der Waals surface area (Å²) in [5.74, 6) is -0.951. The van der Waals surface area contributed by atoms with Crippen molar-refractivity contribution in [2.24, 2.45) is 22.9 Å². The van der Waals surface area contributed by atoms with Crippen LogP contribution in [0.2, 0.25) is 0 Å². The van der Waals surface area contributed by atoms with E-state index in [0.717, 1.165) is 44.9 Å². The molecule has 0 aliphatic carbocycles. The molecule has 3 atom stereocenters. The van der Waals surface area contributed by atoms with Crippen LogP contribution < -0.4 is 33.6 Å². The van der Waals surface area contributed by atoms with Crippen LogP contribution in [0.1, 0.15) is 155 Å². The van der Waals surface area contributed by atoms with E-state index in [0.29, 0.717) is 58.3 Å². The molecule has 0 saturated heterocycles. The minimum atomic E-state index is -0.760. The standard InChI is InChI=1S/C34H70N6O4/c1-2-3-4-5-6-7-8-9-10-11-12-13-14-21-28-44-34(43)31(40-33(42)30(38)23-16-19-26-36)24-17-20-27-39-32(41)29(37)22-15-18-25-35/h29-31H,2-28,35-38H2,1H3,(H,39,41)(H,40,42)/t29-,30-,31-/m0/s1. The van der Waals surface area contributed by atoms with Crippen molar-refractivity contribution in [3.05, 3.63) is 0 Å². The number of carbonyl (C=O) groups excluding carboxylic acids is 3. The van der Waals surface area contributed by atoms with E-state index in [-0.39, 0.29) is 11.8 Å². The third kappa shape index (κ3) is 25.6. The summed E-state index contributed by atoms with van der Waals surface area (Å²) in [6, 6.07) is -1.99. The van der Waals surface area contributed by atoms with Crippen molar-refractivity contribution >= 4 is 17.8 Å². The molecule has 0 heterocycles. The number of rotatable bonds is 32. The Kier molecular flexibility index (Phi) is 30.0. The molecule has 0 unspecified atom stereocenters. The third-order valence-corrected chi connectivity index (χ3v) is 8.17. The fourth-order valence-corrected chi connectivity index (χ4v) is 5.19. The number of carbonyl (C=O) groups is 3. The van der Waals surface area contributed by atoms with Gasteiger partial charge < -0.3 is 38.3 Å². The lowest BCUT2D eigenvalue weighted by atomic mass is 10.0. The van der Waals surface area contributed by atoms with Crippen molar-refractivity contribution in [2.45, 2.75) is 173 Å². The molecule has 260 valence electrons. The molecule has 2 amide bonds. The van der Waals surface area contributed by atoms with Crippen LogP contribution in [0, 0.1) is 0 Å². The first kappa shape index (κ1) is 42.2. The Hall–Kier alpha value is -1.75. The molecule has 10 N–H and O–H groups in total. The number of ether oxygens (including phenoxy) is 1. The SMILES string of the molecule is CCCCCCCCCCCCCCCCOC(=O)[C@H](CCCCNC(=O)[C@@H](N)CCCCN)NC(=O)[C@@H](N)CCCCN. The fourth-order valence-electron chi connectivity index (χ4n) is 5.19. The monoisotopic (exact) mass is 627 g/mol. The van der Waals surface area contributed by atoms with Gasteiger partial charge in [0, 0.05) is 6.54 Å². The van der Waals surface area contributed by atoms with Crippen LogP contribution in [-0.4, -0.2) is 62.2 Å². The second kappa shape index (κ2) is 31.2. The Morgan fingerprint density at radius 1 is 0.568 bits per heavy atom. The molecule has 0 aromatic carbocycles. The van der Waals surface area contributed by atoms with Crippen LogP contribution >= 0.6 is 0 Å². The number of nitrogens with two attached hydrogens (primary N) is 4. The van der Waals surface area contributed by atoms with Gasteiger partial charge in [0.05, 0.1) is 18.7 Å². The van der Waals surface area contributed by atoms with Gasteiger partial charge in [0.25, 0.3) is 0 Å². The maximum Gasteiger partial charge on any atom is 0.328 e. The normalized spacial score (nSPS) is 13.3. The summed E-state index contributed by atoms with van der Waals surface area (Å²) in [5.41, 5.74) is 23.0. The van der Waals surface area contributed by atoms with Crippen molar-refractivity contribution in [3.8, 4) is 0 Å². The summed E-state index contributed by atoms with van der Waals surface area (Å²) in [6.45, 7) is 4.21. The minimum absolute atomic E-state index is 0.178. The van der Waals surface area contributed by atoms with Crippen molar-refractivity contribution in [1.29, 1.82) is 0 Å². The van der Waals surface area contributed by atoms with Gasteiger partial charge in [-0.15, -0.1) is 0 Å². The molecule has 0 saturated carbocycles. The van der Waals surface area contributed by atoms with E-state index < -0.39 is 24.1 Å². The summed E-state index contributed by atoms with van der Waals surface area (Å²) < 4.78 is 5.56. The van der Waals surface area contributed by atoms with Gasteiger partial charge in [0.15, 0.2) is 0 Å². The van der Waals surface area contributed by atoms with Crippen LogP contribution in [0.5, 0.6) is 0 Å². The van der Waals surface area contributed by atoms with Gasteiger partial charge in [0.2, 0.25) is 11.8 Å². The van der Waals surface area contributed by atoms with E-state index in [1.54, 1.807) is 0 Å². The van der Waals surface area contributed by atoms with E-state index in [2.05, 4.69) is 17.6 Å². The fraction of sp³-hybridized carbons (Fsp3) is 0.912. The highest BCUT2D eigenvalue weighted by Crippen LogP contribution is 2.13. The highest BCUT2D eigenvalue weighted by Gasteiger charge is 2.24. The van der Waals surface area contributed by atoms with E-state index in [9.17, 15) is 14.4 Å². The topological polar surface area (TPSA) is 189 Å². The molecule has 0 aliphatic heterocycles. The van der Waals surface area contributed by atoms with Gasteiger partial charge in [-0.1, -0.05) is 103 Å². The Labute approximate surface area is 269 Å². The Morgan fingerprint density at radius 3 is 1.52 bits per heavy atom. The lowest BCUT2D eigenvalue weighted by Crippen LogP contribution is -2.49. The van der Waals surface area contributed by atoms with Crippen LogP contribution in [0.15, 0.2) is 0 Å². The van der Waals surface area contributed by atoms with Gasteiger partial charge in [-0.05, 0) is 64.5 Å². The number of esters is 1. The summed E-state index contributed by atoms with van der Waals surface area (Å²) in [4.78, 5) is 37.7. The number of hydrogen-bond donors (Lipinski definition) is 6. The molecule has 44 heavy (non-hydrogen) atoms. The highest BCUT2D eigenvalue weighted by molar-refractivity contribution is 5.87. The zero-order valence-electron chi connectivity index (χ0n) is 28.3. The zero-order chi connectivity index (χ0) is 32.7. The first-order valence-corrected chi connectivity index (χ1v) is 18.0. The van der Waals surface area contributed by atoms with E-state index >= 15 is 0 Å². The van der Waals surface area contributed by atoms with Crippen LogP contribution in [0.25, 0.3) is 0 Å². The molecule has 0 radical (unpaired) electrons. The molecule has 0 aliphatic rings. The van der Waals surface area contributed by atoms with Gasteiger partial charge in [-0.3, -0.25) is 9.59 Å². The Balaban J connectivity index is 4.32. The minimum Gasteiger partial charge on any atom is -0.464 e. The quantitative estimate of drug-likeness (QED) is 0.0458. The Bertz CT molecular complexity index is 697. The van der Waals surface area contributed by atoms with Gasteiger partial charge in [-0.2, -0.15) is 0 Å². The number of nitrogens with one attached hydrogen (secondary N) is 2. The highest BCUT2D eigenvalue weighted by atomic mass is 16.5. The summed E-state index contributed by atoms with van der Waals surface area (Å²) in [6.07, 6.45) is 23.8. The summed E-state index contributed by atoms with van der Waals surface area (Å²) in [5, 5.41) is 5.66. The van der Waals surface area contributed by atoms with Gasteiger partial charge >= 0.3 is 5.97 Å². The van der Waals surface area contributed by atoms with E-state index in [4.69, 9.17) is 27.7 Å². The van der Waals surface area contributed by atoms with Crippen LogP contribution in [-0.2, 0) is 19.1 Å². The smallest absolute Gasteiger partial charge is 0.328 e. The number of hydrogen-bond acceptors (Lipinski definition) is 8. The molecule has 0 aromatic rings. The average Bonchev–Trinajstić information content (AvgIpc) is 3.01. The molecule has 0 fully saturated rings. The predicted molar refractivity (Wildman–Crippen MR) is 182 cm³/mol. The molecule has 0 spiro atoms.